The first-order valence-corrected chi connectivity index (χ1v) is 6.00. The highest BCUT2D eigenvalue weighted by Gasteiger charge is 2.16. The Morgan fingerprint density at radius 3 is 2.56 bits per heavy atom. The summed E-state index contributed by atoms with van der Waals surface area (Å²) in [6, 6.07) is 4.87. The van der Waals surface area contributed by atoms with E-state index in [0.29, 0.717) is 11.1 Å². The minimum Gasteiger partial charge on any atom is -0.408 e. The maximum atomic E-state index is 11.7. The molecule has 0 aliphatic carbocycles. The van der Waals surface area contributed by atoms with Crippen LogP contribution in [0.3, 0.4) is 0 Å². The molecule has 0 aliphatic rings. The van der Waals surface area contributed by atoms with Crippen molar-refractivity contribution in [2.45, 2.75) is 39.0 Å². The summed E-state index contributed by atoms with van der Waals surface area (Å²) in [4.78, 5) is 11.7. The summed E-state index contributed by atoms with van der Waals surface area (Å²) in [5.41, 5.74) is 7.51. The Morgan fingerprint density at radius 1 is 1.33 bits per heavy atom. The molecule has 0 fully saturated rings. The van der Waals surface area contributed by atoms with Crippen LogP contribution in [0.15, 0.2) is 27.4 Å². The number of hydrogen-bond acceptors (Lipinski definition) is 4. The van der Waals surface area contributed by atoms with Gasteiger partial charge in [-0.3, -0.25) is 4.57 Å². The van der Waals surface area contributed by atoms with Crippen LogP contribution in [0.5, 0.6) is 0 Å². The van der Waals surface area contributed by atoms with E-state index in [-0.39, 0.29) is 17.8 Å². The molecule has 2 unspecified atom stereocenters. The third kappa shape index (κ3) is 2.07. The quantitative estimate of drug-likeness (QED) is 0.866. The second kappa shape index (κ2) is 4.59. The second-order valence-corrected chi connectivity index (χ2v) is 4.86. The lowest BCUT2D eigenvalue weighted by Gasteiger charge is -2.14. The number of oxazole rings is 1. The zero-order chi connectivity index (χ0) is 13.4. The fourth-order valence-corrected chi connectivity index (χ4v) is 2.03. The van der Waals surface area contributed by atoms with E-state index in [1.54, 1.807) is 29.7 Å². The summed E-state index contributed by atoms with van der Waals surface area (Å²) in [6.07, 6.45) is -0.762. The van der Waals surface area contributed by atoms with Crippen molar-refractivity contribution in [1.29, 1.82) is 0 Å². The zero-order valence-electron chi connectivity index (χ0n) is 10.8. The summed E-state index contributed by atoms with van der Waals surface area (Å²) < 4.78 is 6.77. The van der Waals surface area contributed by atoms with Gasteiger partial charge in [0.2, 0.25) is 0 Å². The minimum absolute atomic E-state index is 0.0305. The molecule has 0 bridgehead atoms. The van der Waals surface area contributed by atoms with Gasteiger partial charge in [0.1, 0.15) is 0 Å². The van der Waals surface area contributed by atoms with Crippen LogP contribution in [-0.4, -0.2) is 15.7 Å². The molecule has 3 N–H and O–H groups in total. The number of aliphatic hydroxyl groups excluding tert-OH is 1. The Labute approximate surface area is 105 Å². The number of aromatic nitrogens is 1. The van der Waals surface area contributed by atoms with Crippen LogP contribution in [0.1, 0.15) is 38.5 Å². The molecule has 0 spiro atoms. The van der Waals surface area contributed by atoms with Gasteiger partial charge in [0.05, 0.1) is 11.6 Å². The first kappa shape index (κ1) is 12.9. The van der Waals surface area contributed by atoms with Gasteiger partial charge < -0.3 is 15.3 Å². The molecule has 2 atom stereocenters. The predicted octanol–water partition coefficient (Wildman–Crippen LogP) is 1.56. The van der Waals surface area contributed by atoms with Crippen LogP contribution < -0.4 is 11.5 Å². The van der Waals surface area contributed by atoms with Crippen LogP contribution in [-0.2, 0) is 0 Å². The van der Waals surface area contributed by atoms with Crippen LogP contribution in [0.2, 0.25) is 0 Å². The number of aliphatic hydroxyl groups is 1. The predicted molar refractivity (Wildman–Crippen MR) is 69.5 cm³/mol. The van der Waals surface area contributed by atoms with E-state index in [0.717, 1.165) is 5.52 Å². The van der Waals surface area contributed by atoms with E-state index in [1.165, 1.54) is 0 Å². The topological polar surface area (TPSA) is 81.4 Å². The van der Waals surface area contributed by atoms with Gasteiger partial charge in [0, 0.05) is 12.1 Å². The maximum absolute atomic E-state index is 11.7. The van der Waals surface area contributed by atoms with E-state index >= 15 is 0 Å². The van der Waals surface area contributed by atoms with Crippen molar-refractivity contribution in [3.8, 4) is 0 Å². The number of benzene rings is 1. The average molecular weight is 250 g/mol. The van der Waals surface area contributed by atoms with Crippen LogP contribution >= 0.6 is 0 Å². The van der Waals surface area contributed by atoms with Crippen molar-refractivity contribution in [3.05, 3.63) is 34.3 Å². The number of rotatable bonds is 3. The van der Waals surface area contributed by atoms with E-state index in [2.05, 4.69) is 0 Å². The molecule has 0 aliphatic heterocycles. The molecule has 0 saturated heterocycles. The van der Waals surface area contributed by atoms with Crippen molar-refractivity contribution >= 4 is 11.1 Å². The van der Waals surface area contributed by atoms with Gasteiger partial charge in [-0.15, -0.1) is 0 Å². The van der Waals surface area contributed by atoms with Crippen molar-refractivity contribution < 1.29 is 9.52 Å². The molecule has 98 valence electrons. The minimum atomic E-state index is -0.762. The molecule has 1 heterocycles. The molecule has 5 nitrogen and oxygen atoms in total. The highest BCUT2D eigenvalue weighted by molar-refractivity contribution is 5.74. The first-order valence-electron chi connectivity index (χ1n) is 6.00. The SMILES string of the molecule is CC(N)C(O)c1ccc2c(c1)oc(=O)n2C(C)C. The van der Waals surface area contributed by atoms with Crippen LogP contribution in [0.4, 0.5) is 0 Å². The van der Waals surface area contributed by atoms with Crippen molar-refractivity contribution in [3.63, 3.8) is 0 Å². The third-order valence-electron chi connectivity index (χ3n) is 2.99. The molecule has 1 aromatic heterocycles. The van der Waals surface area contributed by atoms with E-state index in [4.69, 9.17) is 10.2 Å². The Morgan fingerprint density at radius 2 is 2.00 bits per heavy atom. The van der Waals surface area contributed by atoms with Crippen molar-refractivity contribution in [2.24, 2.45) is 5.73 Å². The average Bonchev–Trinajstić information content (AvgIpc) is 2.62. The fraction of sp³-hybridized carbons (Fsp3) is 0.462. The lowest BCUT2D eigenvalue weighted by molar-refractivity contribution is 0.153. The molecular formula is C13H18N2O3. The van der Waals surface area contributed by atoms with Gasteiger partial charge in [-0.2, -0.15) is 0 Å². The van der Waals surface area contributed by atoms with Crippen LogP contribution in [0.25, 0.3) is 11.1 Å². The van der Waals surface area contributed by atoms with Gasteiger partial charge in [-0.25, -0.2) is 4.79 Å². The van der Waals surface area contributed by atoms with Crippen molar-refractivity contribution in [1.82, 2.24) is 4.57 Å². The number of nitrogens with zero attached hydrogens (tertiary/aromatic N) is 1. The lowest BCUT2D eigenvalue weighted by Crippen LogP contribution is -2.24. The third-order valence-corrected chi connectivity index (χ3v) is 2.99. The van der Waals surface area contributed by atoms with E-state index < -0.39 is 6.10 Å². The number of hydrogen-bond donors (Lipinski definition) is 2. The second-order valence-electron chi connectivity index (χ2n) is 4.86. The Kier molecular flexibility index (Phi) is 3.28. The number of nitrogens with two attached hydrogens (primary N) is 1. The molecule has 2 aromatic rings. The van der Waals surface area contributed by atoms with Gasteiger partial charge in [0.25, 0.3) is 0 Å². The summed E-state index contributed by atoms with van der Waals surface area (Å²) in [6.45, 7) is 5.56. The smallest absolute Gasteiger partial charge is 0.408 e. The monoisotopic (exact) mass is 250 g/mol. The molecule has 0 amide bonds. The Bertz CT molecular complexity index is 610. The maximum Gasteiger partial charge on any atom is 0.420 e. The zero-order valence-corrected chi connectivity index (χ0v) is 10.8. The summed E-state index contributed by atoms with van der Waals surface area (Å²) in [5, 5.41) is 9.89. The summed E-state index contributed by atoms with van der Waals surface area (Å²) in [7, 11) is 0. The Balaban J connectivity index is 2.58. The normalized spacial score (nSPS) is 15.2. The first-order chi connectivity index (χ1) is 8.41. The highest BCUT2D eigenvalue weighted by atomic mass is 16.4. The molecule has 1 aromatic carbocycles. The largest absolute Gasteiger partial charge is 0.420 e. The van der Waals surface area contributed by atoms with Gasteiger partial charge in [-0.05, 0) is 38.5 Å². The molecule has 0 radical (unpaired) electrons. The van der Waals surface area contributed by atoms with E-state index in [9.17, 15) is 9.90 Å². The molecular weight excluding hydrogens is 232 g/mol. The van der Waals surface area contributed by atoms with Crippen molar-refractivity contribution in [2.75, 3.05) is 0 Å². The summed E-state index contributed by atoms with van der Waals surface area (Å²) in [5.74, 6) is -0.382. The van der Waals surface area contributed by atoms with Crippen LogP contribution in [0, 0.1) is 0 Å². The standard InChI is InChI=1S/C13H18N2O3/c1-7(2)15-10-5-4-9(12(16)8(3)14)6-11(10)18-13(15)17/h4-8,12,16H,14H2,1-3H3. The molecule has 5 heteroatoms. The van der Waals surface area contributed by atoms with Gasteiger partial charge >= 0.3 is 5.76 Å². The van der Waals surface area contributed by atoms with E-state index in [1.807, 2.05) is 13.8 Å². The fourth-order valence-electron chi connectivity index (χ4n) is 2.03. The molecule has 2 rings (SSSR count). The highest BCUT2D eigenvalue weighted by Crippen LogP contribution is 2.23. The summed E-state index contributed by atoms with van der Waals surface area (Å²) >= 11 is 0. The Hall–Kier alpha value is -1.59. The van der Waals surface area contributed by atoms with Gasteiger partial charge in [-0.1, -0.05) is 6.07 Å². The number of fused-ring (bicyclic) bond motifs is 1. The molecule has 18 heavy (non-hydrogen) atoms. The lowest BCUT2D eigenvalue weighted by atomic mass is 10.0. The molecule has 0 saturated carbocycles. The van der Waals surface area contributed by atoms with Gasteiger partial charge in [0.15, 0.2) is 5.58 Å².